The summed E-state index contributed by atoms with van der Waals surface area (Å²) in [5.41, 5.74) is 0.629. The van der Waals surface area contributed by atoms with Crippen LogP contribution in [0.4, 0.5) is 4.39 Å². The largest absolute Gasteiger partial charge is 0.481 e. The van der Waals surface area contributed by atoms with E-state index in [0.717, 1.165) is 24.3 Å². The number of hydrogen-bond acceptors (Lipinski definition) is 4. The summed E-state index contributed by atoms with van der Waals surface area (Å²) in [6.45, 7) is 0.587. The summed E-state index contributed by atoms with van der Waals surface area (Å²) in [5, 5.41) is 8.64. The third-order valence-electron chi connectivity index (χ3n) is 4.54. The highest BCUT2D eigenvalue weighted by Gasteiger charge is 2.25. The van der Waals surface area contributed by atoms with E-state index in [1.165, 1.54) is 18.2 Å². The topological polar surface area (TPSA) is 74.7 Å². The van der Waals surface area contributed by atoms with Crippen molar-refractivity contribution in [1.29, 1.82) is 0 Å². The van der Waals surface area contributed by atoms with Crippen molar-refractivity contribution < 1.29 is 23.9 Å². The molecule has 0 aromatic heterocycles. The number of nitrogens with zero attached hydrogens (tertiary/aromatic N) is 1. The molecule has 2 rings (SSSR count). The number of ketones is 1. The zero-order chi connectivity index (χ0) is 20.4. The summed E-state index contributed by atoms with van der Waals surface area (Å²) in [4.78, 5) is 36.8. The van der Waals surface area contributed by atoms with Crippen LogP contribution in [0.1, 0.15) is 37.7 Å². The average Bonchev–Trinajstić information content (AvgIpc) is 2.64. The first-order valence-corrected chi connectivity index (χ1v) is 10.7. The van der Waals surface area contributed by atoms with E-state index >= 15 is 0 Å². The number of benzene rings is 1. The van der Waals surface area contributed by atoms with Gasteiger partial charge in [0.15, 0.2) is 5.78 Å². The van der Waals surface area contributed by atoms with E-state index < -0.39 is 5.97 Å². The predicted molar refractivity (Wildman–Crippen MR) is 108 cm³/mol. The molecule has 0 saturated carbocycles. The van der Waals surface area contributed by atoms with E-state index in [1.54, 1.807) is 34.9 Å². The number of likely N-dealkylation sites (tertiary alicyclic amines) is 1. The zero-order valence-corrected chi connectivity index (χ0v) is 16.6. The Kier molecular flexibility index (Phi) is 9.20. The average molecular weight is 408 g/mol. The molecule has 1 aromatic rings. The third-order valence-corrected chi connectivity index (χ3v) is 5.59. The van der Waals surface area contributed by atoms with E-state index in [9.17, 15) is 18.8 Å². The molecular formula is C21H26FNO4S. The van der Waals surface area contributed by atoms with Crippen molar-refractivity contribution in [3.8, 4) is 0 Å². The van der Waals surface area contributed by atoms with Crippen LogP contribution in [0.2, 0.25) is 0 Å². The van der Waals surface area contributed by atoms with Crippen molar-refractivity contribution in [2.45, 2.75) is 44.6 Å². The van der Waals surface area contributed by atoms with Gasteiger partial charge in [-0.25, -0.2) is 4.39 Å². The van der Waals surface area contributed by atoms with Gasteiger partial charge < -0.3 is 10.0 Å². The molecule has 1 aromatic carbocycles. The Morgan fingerprint density at radius 3 is 2.89 bits per heavy atom. The minimum atomic E-state index is -0.792. The molecule has 1 saturated heterocycles. The highest BCUT2D eigenvalue weighted by atomic mass is 32.2. The van der Waals surface area contributed by atoms with Gasteiger partial charge in [-0.2, -0.15) is 11.8 Å². The molecule has 0 unspecified atom stereocenters. The van der Waals surface area contributed by atoms with Gasteiger partial charge in [-0.1, -0.05) is 18.2 Å². The first-order chi connectivity index (χ1) is 13.5. The second-order valence-electron chi connectivity index (χ2n) is 6.79. The maximum Gasteiger partial charge on any atom is 0.303 e. The molecule has 0 spiro atoms. The molecule has 0 radical (unpaired) electrons. The van der Waals surface area contributed by atoms with Crippen molar-refractivity contribution >= 4 is 29.4 Å². The Hall–Kier alpha value is -2.15. The predicted octanol–water partition coefficient (Wildman–Crippen LogP) is 3.47. The molecule has 5 nitrogen and oxygen atoms in total. The van der Waals surface area contributed by atoms with Crippen LogP contribution in [-0.2, 0) is 20.8 Å². The molecule has 1 fully saturated rings. The summed E-state index contributed by atoms with van der Waals surface area (Å²) in [6.07, 6.45) is 6.34. The highest BCUT2D eigenvalue weighted by molar-refractivity contribution is 7.99. The van der Waals surface area contributed by atoms with Crippen LogP contribution in [0.25, 0.3) is 0 Å². The van der Waals surface area contributed by atoms with Gasteiger partial charge >= 0.3 is 5.97 Å². The molecule has 0 aliphatic carbocycles. The molecule has 1 atom stereocenters. The van der Waals surface area contributed by atoms with E-state index in [2.05, 4.69) is 0 Å². The van der Waals surface area contributed by atoms with Gasteiger partial charge in [0.25, 0.3) is 0 Å². The Morgan fingerprint density at radius 1 is 1.32 bits per heavy atom. The van der Waals surface area contributed by atoms with Crippen LogP contribution in [-0.4, -0.2) is 51.8 Å². The molecule has 0 bridgehead atoms. The molecule has 1 heterocycles. The van der Waals surface area contributed by atoms with E-state index in [-0.39, 0.29) is 36.4 Å². The first-order valence-electron chi connectivity index (χ1n) is 9.50. The molecule has 28 heavy (non-hydrogen) atoms. The minimum Gasteiger partial charge on any atom is -0.481 e. The fraction of sp³-hybridized carbons (Fsp3) is 0.476. The Balaban J connectivity index is 1.83. The van der Waals surface area contributed by atoms with E-state index in [4.69, 9.17) is 5.11 Å². The van der Waals surface area contributed by atoms with Crippen LogP contribution >= 0.6 is 11.8 Å². The van der Waals surface area contributed by atoms with Gasteiger partial charge in [0.1, 0.15) is 5.82 Å². The molecule has 1 aliphatic rings. The monoisotopic (exact) mass is 407 g/mol. The van der Waals surface area contributed by atoms with Crippen LogP contribution in [0.3, 0.4) is 0 Å². The Labute approximate surface area is 169 Å². The number of carboxylic acid groups (broad SMARTS) is 1. The standard InChI is InChI=1S/C21H26FNO4S/c22-17-5-1-4-16(14-17)15-19(24)10-9-18-6-2-7-20(25)23(18)11-13-28-12-3-8-21(26)27/h1,4-5,9-10,14,18H,2-3,6-8,11-13,15H2,(H,26,27)/t18-/m1/s1. The normalized spacial score (nSPS) is 17.2. The number of amides is 1. The Bertz CT molecular complexity index is 722. The second-order valence-corrected chi connectivity index (χ2v) is 8.01. The lowest BCUT2D eigenvalue weighted by Crippen LogP contribution is -2.43. The van der Waals surface area contributed by atoms with Gasteiger partial charge in [-0.15, -0.1) is 0 Å². The number of hydrogen-bond donors (Lipinski definition) is 1. The lowest BCUT2D eigenvalue weighted by Gasteiger charge is -2.34. The molecule has 152 valence electrons. The van der Waals surface area contributed by atoms with Gasteiger partial charge in [0.2, 0.25) is 5.91 Å². The molecule has 1 aliphatic heterocycles. The van der Waals surface area contributed by atoms with Gasteiger partial charge in [-0.3, -0.25) is 14.4 Å². The van der Waals surface area contributed by atoms with Crippen molar-refractivity contribution in [3.05, 3.63) is 47.8 Å². The van der Waals surface area contributed by atoms with Crippen LogP contribution < -0.4 is 0 Å². The molecule has 7 heteroatoms. The fourth-order valence-corrected chi connectivity index (χ4v) is 4.03. The highest BCUT2D eigenvalue weighted by Crippen LogP contribution is 2.20. The van der Waals surface area contributed by atoms with Crippen LogP contribution in [0, 0.1) is 5.82 Å². The fourth-order valence-electron chi connectivity index (χ4n) is 3.15. The maximum absolute atomic E-state index is 13.2. The van der Waals surface area contributed by atoms with Crippen molar-refractivity contribution in [2.24, 2.45) is 0 Å². The van der Waals surface area contributed by atoms with Crippen LogP contribution in [0.5, 0.6) is 0 Å². The van der Waals surface area contributed by atoms with Gasteiger partial charge in [-0.05, 0) is 48.8 Å². The number of carbonyl (C=O) groups is 3. The first kappa shape index (κ1) is 22.1. The number of halogens is 1. The SMILES string of the molecule is O=C(O)CCCSCCN1C(=O)CCC[C@@H]1C=CC(=O)Cc1cccc(F)c1. The lowest BCUT2D eigenvalue weighted by molar-refractivity contribution is -0.137. The summed E-state index contributed by atoms with van der Waals surface area (Å²) < 4.78 is 13.2. The summed E-state index contributed by atoms with van der Waals surface area (Å²) >= 11 is 1.64. The molecule has 1 N–H and O–H groups in total. The third kappa shape index (κ3) is 7.84. The summed E-state index contributed by atoms with van der Waals surface area (Å²) in [6, 6.07) is 5.89. The van der Waals surface area contributed by atoms with Gasteiger partial charge in [0, 0.05) is 31.6 Å². The number of rotatable bonds is 11. The number of aliphatic carboxylic acids is 1. The van der Waals surface area contributed by atoms with Crippen molar-refractivity contribution in [2.75, 3.05) is 18.1 Å². The number of allylic oxidation sites excluding steroid dienone is 1. The zero-order valence-electron chi connectivity index (χ0n) is 15.8. The smallest absolute Gasteiger partial charge is 0.303 e. The minimum absolute atomic E-state index is 0.0876. The maximum atomic E-state index is 13.2. The lowest BCUT2D eigenvalue weighted by atomic mass is 10.00. The number of piperidine rings is 1. The molecule has 1 amide bonds. The van der Waals surface area contributed by atoms with E-state index in [0.29, 0.717) is 24.9 Å². The Morgan fingerprint density at radius 2 is 2.14 bits per heavy atom. The van der Waals surface area contributed by atoms with Gasteiger partial charge in [0.05, 0.1) is 6.04 Å². The van der Waals surface area contributed by atoms with Crippen molar-refractivity contribution in [3.63, 3.8) is 0 Å². The quantitative estimate of drug-likeness (QED) is 0.449. The number of carboxylic acids is 1. The van der Waals surface area contributed by atoms with Crippen LogP contribution in [0.15, 0.2) is 36.4 Å². The summed E-state index contributed by atoms with van der Waals surface area (Å²) in [5.74, 6) is 0.309. The number of carbonyl (C=O) groups excluding carboxylic acids is 2. The molecular weight excluding hydrogens is 381 g/mol. The van der Waals surface area contributed by atoms with Crippen molar-refractivity contribution in [1.82, 2.24) is 4.90 Å². The summed E-state index contributed by atoms with van der Waals surface area (Å²) in [7, 11) is 0. The number of thioether (sulfide) groups is 1. The second kappa shape index (κ2) is 11.6. The van der Waals surface area contributed by atoms with E-state index in [1.807, 2.05) is 0 Å².